The molecule has 1 unspecified atom stereocenters. The van der Waals surface area contributed by atoms with E-state index in [-0.39, 0.29) is 29.5 Å². The van der Waals surface area contributed by atoms with E-state index < -0.39 is 19.2 Å². The van der Waals surface area contributed by atoms with E-state index in [1.807, 2.05) is 31.2 Å². The Bertz CT molecular complexity index is 712. The maximum Gasteiger partial charge on any atom is 0.482 e. The van der Waals surface area contributed by atoms with Gasteiger partial charge >= 0.3 is 13.2 Å². The molecule has 0 aromatic heterocycles. The van der Waals surface area contributed by atoms with Gasteiger partial charge < -0.3 is 19.7 Å². The van der Waals surface area contributed by atoms with Crippen molar-refractivity contribution in [3.05, 3.63) is 35.4 Å². The molecule has 1 amide bonds. The van der Waals surface area contributed by atoms with Crippen LogP contribution in [0.25, 0.3) is 0 Å². The molecule has 148 valence electrons. The monoisotopic (exact) mass is 393 g/mol. The molecule has 2 bridgehead atoms. The van der Waals surface area contributed by atoms with Crippen molar-refractivity contribution in [3.8, 4) is 0 Å². The first-order valence-corrected chi connectivity index (χ1v) is 9.58. The lowest BCUT2D eigenvalue weighted by molar-refractivity contribution is -0.199. The van der Waals surface area contributed by atoms with E-state index >= 15 is 0 Å². The summed E-state index contributed by atoms with van der Waals surface area (Å²) in [6, 6.07) is 8.16. The molecule has 0 spiro atoms. The minimum absolute atomic E-state index is 0. The molecule has 4 fully saturated rings. The van der Waals surface area contributed by atoms with E-state index in [4.69, 9.17) is 9.31 Å². The number of nitrogens with one attached hydrogen (secondary N) is 1. The summed E-state index contributed by atoms with van der Waals surface area (Å²) in [4.78, 5) is 11.4. The number of amides is 1. The quantitative estimate of drug-likeness (QED) is 0.762. The summed E-state index contributed by atoms with van der Waals surface area (Å²) >= 11 is 0. The fraction of sp³-hybridized carbons (Fsp3) is 0.650. The predicted octanol–water partition coefficient (Wildman–Crippen LogP) is 3.86. The van der Waals surface area contributed by atoms with Crippen molar-refractivity contribution >= 4 is 25.6 Å². The average Bonchev–Trinajstić information content (AvgIpc) is 2.92. The molecule has 1 aliphatic heterocycles. The van der Waals surface area contributed by atoms with Crippen LogP contribution in [0.1, 0.15) is 44.7 Å². The fourth-order valence-electron chi connectivity index (χ4n) is 5.42. The van der Waals surface area contributed by atoms with Crippen molar-refractivity contribution in [2.45, 2.75) is 64.6 Å². The zero-order valence-corrected chi connectivity index (χ0v) is 17.2. The fourth-order valence-corrected chi connectivity index (χ4v) is 5.42. The minimum Gasteiger partial charge on any atom is -0.465 e. The zero-order chi connectivity index (χ0) is 18.7. The first kappa shape index (κ1) is 20.5. The molecule has 5 rings (SSSR count). The second kappa shape index (κ2) is 6.98. The smallest absolute Gasteiger partial charge is 0.465 e. The van der Waals surface area contributed by atoms with Crippen LogP contribution in [0, 0.1) is 24.2 Å². The van der Waals surface area contributed by atoms with Gasteiger partial charge in [0.25, 0.3) is 0 Å². The number of hydrogen-bond acceptors (Lipinski definition) is 3. The third kappa shape index (κ3) is 3.36. The van der Waals surface area contributed by atoms with Gasteiger partial charge in [-0.25, -0.2) is 4.79 Å². The highest BCUT2D eigenvalue weighted by Gasteiger charge is 2.68. The average molecular weight is 394 g/mol. The summed E-state index contributed by atoms with van der Waals surface area (Å²) in [6.45, 7) is 8.84. The van der Waals surface area contributed by atoms with Gasteiger partial charge in [0.05, 0.1) is 17.6 Å². The van der Waals surface area contributed by atoms with Crippen LogP contribution in [0.4, 0.5) is 4.79 Å². The summed E-state index contributed by atoms with van der Waals surface area (Å²) in [5, 5.41) is 11.9. The van der Waals surface area contributed by atoms with Crippen LogP contribution >= 0.6 is 12.4 Å². The number of rotatable bonds is 4. The number of carboxylic acid groups (broad SMARTS) is 1. The molecule has 3 saturated carbocycles. The van der Waals surface area contributed by atoms with Gasteiger partial charge in [-0.15, -0.1) is 12.4 Å². The number of benzene rings is 1. The molecule has 27 heavy (non-hydrogen) atoms. The molecule has 7 heteroatoms. The standard InChI is InChI=1S/C20H28BNO4.ClH/c1-12-5-7-13(8-6-12)9-17(22-18(23)24)21-25-16-11-14-10-15(19(14,2)3)20(16,4)26-21;/h5-8,14-17,22H,9-11H2,1-4H3,(H,23,24);1H/t14-,15-,16+,17?,20-;/m0./s1. The second-order valence-electron chi connectivity index (χ2n) is 9.08. The molecular weight excluding hydrogens is 364 g/mol. The number of carbonyl (C=O) groups is 1. The summed E-state index contributed by atoms with van der Waals surface area (Å²) < 4.78 is 12.7. The van der Waals surface area contributed by atoms with Crippen LogP contribution in [0.15, 0.2) is 24.3 Å². The van der Waals surface area contributed by atoms with Crippen LogP contribution in [-0.2, 0) is 15.7 Å². The van der Waals surface area contributed by atoms with Gasteiger partial charge in [0, 0.05) is 0 Å². The topological polar surface area (TPSA) is 67.8 Å². The van der Waals surface area contributed by atoms with Gasteiger partial charge in [-0.1, -0.05) is 43.7 Å². The number of aryl methyl sites for hydroxylation is 1. The molecule has 5 atom stereocenters. The molecule has 5 nitrogen and oxygen atoms in total. The molecule has 3 aliphatic carbocycles. The third-order valence-electron chi connectivity index (χ3n) is 7.18. The van der Waals surface area contributed by atoms with Crippen molar-refractivity contribution in [1.29, 1.82) is 0 Å². The Morgan fingerprint density at radius 1 is 1.30 bits per heavy atom. The van der Waals surface area contributed by atoms with Crippen molar-refractivity contribution in [1.82, 2.24) is 5.32 Å². The zero-order valence-electron chi connectivity index (χ0n) is 16.4. The van der Waals surface area contributed by atoms with Crippen LogP contribution in [0.2, 0.25) is 0 Å². The van der Waals surface area contributed by atoms with Crippen molar-refractivity contribution < 1.29 is 19.2 Å². The molecule has 1 saturated heterocycles. The lowest BCUT2D eigenvalue weighted by atomic mass is 9.43. The molecule has 0 radical (unpaired) electrons. The minimum atomic E-state index is -1.04. The third-order valence-corrected chi connectivity index (χ3v) is 7.18. The summed E-state index contributed by atoms with van der Waals surface area (Å²) in [6.07, 6.45) is 1.75. The Morgan fingerprint density at radius 3 is 2.56 bits per heavy atom. The maximum atomic E-state index is 11.4. The number of hydrogen-bond donors (Lipinski definition) is 2. The molecule has 4 aliphatic rings. The highest BCUT2D eigenvalue weighted by molar-refractivity contribution is 6.47. The van der Waals surface area contributed by atoms with Crippen LogP contribution < -0.4 is 5.32 Å². The van der Waals surface area contributed by atoms with E-state index in [1.54, 1.807) is 0 Å². The van der Waals surface area contributed by atoms with Gasteiger partial charge in [-0.05, 0) is 55.9 Å². The first-order chi connectivity index (χ1) is 12.2. The lowest BCUT2D eigenvalue weighted by Crippen LogP contribution is -2.65. The van der Waals surface area contributed by atoms with Crippen LogP contribution in [0.3, 0.4) is 0 Å². The summed E-state index contributed by atoms with van der Waals surface area (Å²) in [5.41, 5.74) is 2.21. The van der Waals surface area contributed by atoms with Crippen LogP contribution in [-0.4, -0.2) is 36.0 Å². The highest BCUT2D eigenvalue weighted by atomic mass is 35.5. The van der Waals surface area contributed by atoms with Crippen LogP contribution in [0.5, 0.6) is 0 Å². The second-order valence-corrected chi connectivity index (χ2v) is 9.08. The Labute approximate surface area is 167 Å². The lowest BCUT2D eigenvalue weighted by Gasteiger charge is -2.64. The summed E-state index contributed by atoms with van der Waals surface area (Å²) in [5.74, 6) is 0.724. The predicted molar refractivity (Wildman–Crippen MR) is 107 cm³/mol. The Balaban J connectivity index is 0.00000210. The SMILES string of the molecule is Cc1ccc(CC(NC(=O)O)B2O[C@@H]3C[C@@H]4C[C@@H](C4(C)C)[C@]3(C)O2)cc1.Cl. The molecule has 1 aromatic carbocycles. The van der Waals surface area contributed by atoms with E-state index in [0.29, 0.717) is 18.3 Å². The van der Waals surface area contributed by atoms with E-state index in [2.05, 4.69) is 26.1 Å². The maximum absolute atomic E-state index is 11.4. The Morgan fingerprint density at radius 2 is 1.96 bits per heavy atom. The van der Waals surface area contributed by atoms with E-state index in [9.17, 15) is 9.90 Å². The molecule has 2 N–H and O–H groups in total. The van der Waals surface area contributed by atoms with Crippen molar-refractivity contribution in [2.75, 3.05) is 0 Å². The van der Waals surface area contributed by atoms with Gasteiger partial charge in [0.15, 0.2) is 0 Å². The molecule has 1 aromatic rings. The van der Waals surface area contributed by atoms with Crippen molar-refractivity contribution in [3.63, 3.8) is 0 Å². The van der Waals surface area contributed by atoms with Gasteiger partial charge in [-0.3, -0.25) is 0 Å². The van der Waals surface area contributed by atoms with Gasteiger partial charge in [-0.2, -0.15) is 0 Å². The Hall–Kier alpha value is -1.24. The van der Waals surface area contributed by atoms with E-state index in [0.717, 1.165) is 12.0 Å². The van der Waals surface area contributed by atoms with E-state index in [1.165, 1.54) is 12.0 Å². The van der Waals surface area contributed by atoms with Crippen molar-refractivity contribution in [2.24, 2.45) is 17.3 Å². The normalized spacial score (nSPS) is 34.1. The number of halogens is 1. The van der Waals surface area contributed by atoms with Gasteiger partial charge in [0.1, 0.15) is 0 Å². The molecular formula is C20H29BClNO4. The highest BCUT2D eigenvalue weighted by Crippen LogP contribution is 2.65. The van der Waals surface area contributed by atoms with Gasteiger partial charge in [0.2, 0.25) is 0 Å². The largest absolute Gasteiger partial charge is 0.482 e. The first-order valence-electron chi connectivity index (χ1n) is 9.58. The molecule has 1 heterocycles. The summed E-state index contributed by atoms with van der Waals surface area (Å²) in [7, 11) is -0.544. The Kier molecular flexibility index (Phi) is 5.30.